The molecule has 0 heterocycles. The molecule has 2 aliphatic rings. The summed E-state index contributed by atoms with van der Waals surface area (Å²) in [6.45, 7) is 4.80. The van der Waals surface area contributed by atoms with Crippen LogP contribution in [0.3, 0.4) is 0 Å². The first-order chi connectivity index (χ1) is 28.1. The lowest BCUT2D eigenvalue weighted by Crippen LogP contribution is -2.38. The van der Waals surface area contributed by atoms with Gasteiger partial charge in [0.05, 0.1) is 0 Å². The molecule has 0 atom stereocenters. The van der Waals surface area contributed by atoms with E-state index in [1.807, 2.05) is 0 Å². The van der Waals surface area contributed by atoms with Crippen molar-refractivity contribution in [3.63, 3.8) is 0 Å². The Balaban J connectivity index is 1.15. The largest absolute Gasteiger partial charge is 0.310 e. The summed E-state index contributed by atoms with van der Waals surface area (Å²) in [7, 11) is 0. The Morgan fingerprint density at radius 1 is 0.456 bits per heavy atom. The van der Waals surface area contributed by atoms with E-state index in [1.165, 1.54) is 82.5 Å². The fourth-order valence-corrected chi connectivity index (χ4v) is 11.1. The van der Waals surface area contributed by atoms with Gasteiger partial charge in [0.25, 0.3) is 0 Å². The number of hydrogen-bond acceptors (Lipinski definition) is 1. The van der Waals surface area contributed by atoms with Gasteiger partial charge in [-0.25, -0.2) is 0 Å². The molecule has 2 aliphatic carbocycles. The standard InChI is InChI=1S/C56H45N/c1-3-55(4-2,41-19-16-24-44(35-41)57(42-20-10-6-11-21-42)43-22-12-7-13-23-43)53-48-29-27-38-33-50(48)54-51-34-39(28-30-49(51)53)37-56(54,36-38)52-32-31-45(40-17-8-5-9-18-40)46-25-14-15-26-47(46)52/h5-35H,3-4,36-37H2,1-2H3. The number of benzene rings is 9. The molecule has 0 fully saturated rings. The van der Waals surface area contributed by atoms with Crippen LogP contribution in [0, 0.1) is 0 Å². The smallest absolute Gasteiger partial charge is 0.0464 e. The second-order valence-electron chi connectivity index (χ2n) is 16.4. The first-order valence-electron chi connectivity index (χ1n) is 20.7. The number of fused-ring (bicyclic) bond motifs is 3. The number of rotatable bonds is 9. The predicted molar refractivity (Wildman–Crippen MR) is 242 cm³/mol. The summed E-state index contributed by atoms with van der Waals surface area (Å²) in [5, 5.41) is 8.39. The lowest BCUT2D eigenvalue weighted by Gasteiger charge is -2.45. The van der Waals surface area contributed by atoms with Crippen LogP contribution in [0.25, 0.3) is 43.4 Å². The number of para-hydroxylation sites is 2. The molecule has 57 heavy (non-hydrogen) atoms. The van der Waals surface area contributed by atoms with Crippen molar-refractivity contribution in [1.82, 2.24) is 0 Å². The minimum absolute atomic E-state index is 0.155. The van der Waals surface area contributed by atoms with E-state index in [0.29, 0.717) is 0 Å². The molecule has 0 N–H and O–H groups in total. The lowest BCUT2D eigenvalue weighted by atomic mass is 9.57. The van der Waals surface area contributed by atoms with E-state index < -0.39 is 0 Å². The molecule has 0 radical (unpaired) electrons. The molecule has 11 rings (SSSR count). The Morgan fingerprint density at radius 2 is 1.00 bits per heavy atom. The molecular weight excluding hydrogens is 687 g/mol. The van der Waals surface area contributed by atoms with Crippen molar-refractivity contribution in [2.24, 2.45) is 0 Å². The van der Waals surface area contributed by atoms with Crippen molar-refractivity contribution in [2.45, 2.75) is 50.4 Å². The normalized spacial score (nSPS) is 13.9. The van der Waals surface area contributed by atoms with Crippen molar-refractivity contribution in [3.8, 4) is 11.1 Å². The molecule has 9 aromatic rings. The maximum atomic E-state index is 2.55. The Bertz CT molecular complexity index is 2870. The molecule has 4 bridgehead atoms. The molecule has 0 unspecified atom stereocenters. The summed E-state index contributed by atoms with van der Waals surface area (Å²) in [5.74, 6) is 0. The minimum atomic E-state index is -0.210. The van der Waals surface area contributed by atoms with Gasteiger partial charge in [0.1, 0.15) is 0 Å². The van der Waals surface area contributed by atoms with E-state index >= 15 is 0 Å². The van der Waals surface area contributed by atoms with Gasteiger partial charge in [-0.15, -0.1) is 0 Å². The summed E-state index contributed by atoms with van der Waals surface area (Å²) in [6.07, 6.45) is 4.00. The first kappa shape index (κ1) is 33.9. The van der Waals surface area contributed by atoms with Crippen molar-refractivity contribution >= 4 is 49.4 Å². The van der Waals surface area contributed by atoms with Gasteiger partial charge in [0.2, 0.25) is 0 Å². The maximum absolute atomic E-state index is 2.55. The van der Waals surface area contributed by atoms with E-state index in [1.54, 1.807) is 0 Å². The number of nitrogens with zero attached hydrogens (tertiary/aromatic N) is 1. The van der Waals surface area contributed by atoms with Crippen LogP contribution >= 0.6 is 0 Å². The average molecular weight is 732 g/mol. The Kier molecular flexibility index (Phi) is 7.76. The molecule has 0 amide bonds. The Morgan fingerprint density at radius 3 is 1.60 bits per heavy atom. The third kappa shape index (κ3) is 5.01. The topological polar surface area (TPSA) is 3.24 Å². The van der Waals surface area contributed by atoms with Crippen molar-refractivity contribution in [2.75, 3.05) is 4.90 Å². The number of hydrogen-bond donors (Lipinski definition) is 0. The predicted octanol–water partition coefficient (Wildman–Crippen LogP) is 14.8. The lowest BCUT2D eigenvalue weighted by molar-refractivity contribution is 0.483. The SMILES string of the molecule is CCC(CC)(c1cccc(N(c2ccccc2)c2ccccc2)c1)c1c2ccc3cc2c2c4cc(ccc14)CC2(c1ccc(-c2ccccc2)c2ccccc12)C3. The Hall–Kier alpha value is -6.44. The van der Waals surface area contributed by atoms with E-state index in [0.717, 1.165) is 37.1 Å². The van der Waals surface area contributed by atoms with Crippen molar-refractivity contribution in [1.29, 1.82) is 0 Å². The van der Waals surface area contributed by atoms with Crippen LogP contribution in [0.4, 0.5) is 17.1 Å². The molecular formula is C56H45N. The van der Waals surface area contributed by atoms with E-state index in [2.05, 4.69) is 207 Å². The minimum Gasteiger partial charge on any atom is -0.310 e. The average Bonchev–Trinajstić information content (AvgIpc) is 3.27. The Labute approximate surface area is 335 Å². The van der Waals surface area contributed by atoms with Crippen molar-refractivity contribution < 1.29 is 0 Å². The zero-order valence-corrected chi connectivity index (χ0v) is 32.7. The molecule has 0 spiro atoms. The van der Waals surface area contributed by atoms with Gasteiger partial charge in [0, 0.05) is 27.9 Å². The summed E-state index contributed by atoms with van der Waals surface area (Å²) in [6, 6.07) is 70.8. The van der Waals surface area contributed by atoms with E-state index in [9.17, 15) is 0 Å². The number of anilines is 3. The molecule has 0 saturated carbocycles. The van der Waals surface area contributed by atoms with Crippen LogP contribution in [0.5, 0.6) is 0 Å². The van der Waals surface area contributed by atoms with Gasteiger partial charge in [-0.1, -0.05) is 166 Å². The summed E-state index contributed by atoms with van der Waals surface area (Å²) in [4.78, 5) is 2.40. The quantitative estimate of drug-likeness (QED) is 0.134. The second kappa shape index (κ2) is 13.1. The van der Waals surface area contributed by atoms with Gasteiger partial charge in [-0.05, 0) is 139 Å². The van der Waals surface area contributed by atoms with E-state index in [-0.39, 0.29) is 10.8 Å². The second-order valence-corrected chi connectivity index (χ2v) is 16.4. The highest BCUT2D eigenvalue weighted by Gasteiger charge is 2.45. The fourth-order valence-electron chi connectivity index (χ4n) is 11.1. The van der Waals surface area contributed by atoms with Crippen LogP contribution in [0.2, 0.25) is 0 Å². The monoisotopic (exact) mass is 731 g/mol. The molecule has 274 valence electrons. The molecule has 0 saturated heterocycles. The zero-order valence-electron chi connectivity index (χ0n) is 32.7. The van der Waals surface area contributed by atoms with Gasteiger partial charge in [0.15, 0.2) is 0 Å². The summed E-state index contributed by atoms with van der Waals surface area (Å²) in [5.41, 5.74) is 14.4. The van der Waals surface area contributed by atoms with Crippen LogP contribution in [0.1, 0.15) is 60.1 Å². The first-order valence-corrected chi connectivity index (χ1v) is 20.7. The van der Waals surface area contributed by atoms with E-state index in [4.69, 9.17) is 0 Å². The van der Waals surface area contributed by atoms with Crippen LogP contribution in [-0.4, -0.2) is 0 Å². The summed E-state index contributed by atoms with van der Waals surface area (Å²) < 4.78 is 0. The maximum Gasteiger partial charge on any atom is 0.0464 e. The molecule has 9 aromatic carbocycles. The molecule has 1 nitrogen and oxygen atoms in total. The van der Waals surface area contributed by atoms with Gasteiger partial charge < -0.3 is 4.90 Å². The highest BCUT2D eigenvalue weighted by Crippen LogP contribution is 2.57. The third-order valence-electron chi connectivity index (χ3n) is 13.6. The zero-order chi connectivity index (χ0) is 38.1. The highest BCUT2D eigenvalue weighted by molar-refractivity contribution is 6.11. The van der Waals surface area contributed by atoms with Gasteiger partial charge in [-0.2, -0.15) is 0 Å². The fraction of sp³-hybridized carbons (Fsp3) is 0.143. The van der Waals surface area contributed by atoms with Gasteiger partial charge >= 0.3 is 0 Å². The van der Waals surface area contributed by atoms with Gasteiger partial charge in [-0.3, -0.25) is 0 Å². The van der Waals surface area contributed by atoms with Crippen molar-refractivity contribution in [3.05, 3.63) is 221 Å². The highest BCUT2D eigenvalue weighted by atomic mass is 15.1. The summed E-state index contributed by atoms with van der Waals surface area (Å²) >= 11 is 0. The third-order valence-corrected chi connectivity index (χ3v) is 13.6. The molecule has 0 aliphatic heterocycles. The van der Waals surface area contributed by atoms with Crippen LogP contribution in [-0.2, 0) is 23.7 Å². The van der Waals surface area contributed by atoms with Crippen LogP contribution in [0.15, 0.2) is 188 Å². The van der Waals surface area contributed by atoms with Crippen LogP contribution < -0.4 is 4.90 Å². The molecule has 1 heteroatoms. The molecule has 0 aromatic heterocycles.